The van der Waals surface area contributed by atoms with Crippen molar-refractivity contribution in [3.05, 3.63) is 69.8 Å². The number of nitrogens with zero attached hydrogens (tertiary/aromatic N) is 3. The molecule has 0 bridgehead atoms. The van der Waals surface area contributed by atoms with Gasteiger partial charge >= 0.3 is 0 Å². The number of carbonyl (C=O) groups is 1. The number of aromatic nitrogens is 1. The third-order valence-corrected chi connectivity index (χ3v) is 6.25. The predicted molar refractivity (Wildman–Crippen MR) is 119 cm³/mol. The first-order valence-corrected chi connectivity index (χ1v) is 11.1. The van der Waals surface area contributed by atoms with Crippen molar-refractivity contribution < 1.29 is 4.79 Å². The van der Waals surface area contributed by atoms with E-state index in [1.54, 1.807) is 11.3 Å². The smallest absolute Gasteiger partial charge is 0.222 e. The van der Waals surface area contributed by atoms with Gasteiger partial charge in [0.05, 0.1) is 11.4 Å². The van der Waals surface area contributed by atoms with Gasteiger partial charge < -0.3 is 9.47 Å². The minimum absolute atomic E-state index is 0.295. The molecule has 1 aliphatic heterocycles. The molecule has 1 saturated heterocycles. The lowest BCUT2D eigenvalue weighted by Gasteiger charge is -2.16. The first-order chi connectivity index (χ1) is 14.1. The quantitative estimate of drug-likeness (QED) is 0.564. The van der Waals surface area contributed by atoms with Gasteiger partial charge in [0.15, 0.2) is 4.80 Å². The molecular weight excluding hydrogens is 378 g/mol. The second-order valence-corrected chi connectivity index (χ2v) is 8.54. The molecule has 2 aromatic carbocycles. The van der Waals surface area contributed by atoms with Gasteiger partial charge in [-0.05, 0) is 44.4 Å². The second-order valence-electron chi connectivity index (χ2n) is 7.71. The predicted octanol–water partition coefficient (Wildman–Crippen LogP) is 5.08. The van der Waals surface area contributed by atoms with E-state index in [0.29, 0.717) is 12.3 Å². The van der Waals surface area contributed by atoms with Crippen molar-refractivity contribution in [3.8, 4) is 11.3 Å². The van der Waals surface area contributed by atoms with Gasteiger partial charge in [-0.15, -0.1) is 11.3 Å². The molecular formula is C24H27N3OS. The lowest BCUT2D eigenvalue weighted by atomic mass is 10.1. The summed E-state index contributed by atoms with van der Waals surface area (Å²) in [5.74, 6) is 0.295. The average molecular weight is 406 g/mol. The van der Waals surface area contributed by atoms with Crippen molar-refractivity contribution in [1.82, 2.24) is 9.47 Å². The van der Waals surface area contributed by atoms with Gasteiger partial charge in [-0.1, -0.05) is 47.5 Å². The topological polar surface area (TPSA) is 37.6 Å². The molecule has 5 heteroatoms. The van der Waals surface area contributed by atoms with Crippen LogP contribution in [-0.2, 0) is 11.3 Å². The van der Waals surface area contributed by atoms with Crippen LogP contribution in [0.15, 0.2) is 58.9 Å². The number of hydrogen-bond donors (Lipinski definition) is 0. The Morgan fingerprint density at radius 3 is 2.31 bits per heavy atom. The minimum Gasteiger partial charge on any atom is -0.343 e. The zero-order valence-corrected chi connectivity index (χ0v) is 17.9. The number of benzene rings is 2. The molecule has 0 N–H and O–H groups in total. The molecule has 4 nitrogen and oxygen atoms in total. The second kappa shape index (κ2) is 8.78. The summed E-state index contributed by atoms with van der Waals surface area (Å²) in [6.45, 7) is 6.76. The summed E-state index contributed by atoms with van der Waals surface area (Å²) in [7, 11) is 0. The highest BCUT2D eigenvalue weighted by atomic mass is 32.1. The Bertz CT molecular complexity index is 1040. The zero-order chi connectivity index (χ0) is 20.2. The molecule has 4 rings (SSSR count). The van der Waals surface area contributed by atoms with E-state index in [1.807, 2.05) is 4.90 Å². The molecule has 0 aliphatic carbocycles. The molecule has 1 aromatic heterocycles. The van der Waals surface area contributed by atoms with Crippen LogP contribution in [-0.4, -0.2) is 28.5 Å². The summed E-state index contributed by atoms with van der Waals surface area (Å²) in [5, 5.41) is 2.19. The van der Waals surface area contributed by atoms with Crippen LogP contribution in [0.4, 0.5) is 5.69 Å². The van der Waals surface area contributed by atoms with Crippen molar-refractivity contribution in [1.29, 1.82) is 0 Å². The Hall–Kier alpha value is -2.66. The molecule has 0 unspecified atom stereocenters. The molecule has 150 valence electrons. The number of rotatable bonds is 6. The van der Waals surface area contributed by atoms with Crippen LogP contribution >= 0.6 is 11.3 Å². The van der Waals surface area contributed by atoms with Gasteiger partial charge in [0.1, 0.15) is 0 Å². The molecule has 1 aliphatic rings. The molecule has 0 atom stereocenters. The van der Waals surface area contributed by atoms with Crippen LogP contribution in [0.1, 0.15) is 30.4 Å². The Kier molecular flexibility index (Phi) is 5.95. The SMILES string of the molecule is Cc1ccc(N=c2scc(-c3ccc(C)cc3)n2CCCN2CCCC2=O)cc1. The number of thiazole rings is 1. The maximum atomic E-state index is 11.9. The lowest BCUT2D eigenvalue weighted by Crippen LogP contribution is -2.27. The molecule has 29 heavy (non-hydrogen) atoms. The number of hydrogen-bond acceptors (Lipinski definition) is 3. The van der Waals surface area contributed by atoms with Gasteiger partial charge in [-0.2, -0.15) is 0 Å². The molecule has 0 saturated carbocycles. The number of carbonyl (C=O) groups excluding carboxylic acids is 1. The highest BCUT2D eigenvalue weighted by molar-refractivity contribution is 7.07. The fraction of sp³-hybridized carbons (Fsp3) is 0.333. The Labute approximate surface area is 176 Å². The molecule has 0 spiro atoms. The largest absolute Gasteiger partial charge is 0.343 e. The van der Waals surface area contributed by atoms with Gasteiger partial charge in [0, 0.05) is 31.4 Å². The summed E-state index contributed by atoms with van der Waals surface area (Å²) >= 11 is 1.67. The molecule has 0 radical (unpaired) electrons. The monoisotopic (exact) mass is 405 g/mol. The van der Waals surface area contributed by atoms with Crippen LogP contribution in [0.5, 0.6) is 0 Å². The number of likely N-dealkylation sites (tertiary alicyclic amines) is 1. The van der Waals surface area contributed by atoms with Crippen molar-refractivity contribution in [2.75, 3.05) is 13.1 Å². The number of aryl methyl sites for hydroxylation is 2. The van der Waals surface area contributed by atoms with Crippen LogP contribution in [0, 0.1) is 13.8 Å². The van der Waals surface area contributed by atoms with Gasteiger partial charge in [-0.3, -0.25) is 4.79 Å². The fourth-order valence-electron chi connectivity index (χ4n) is 3.68. The fourth-order valence-corrected chi connectivity index (χ4v) is 4.64. The molecule has 3 aromatic rings. The van der Waals surface area contributed by atoms with E-state index in [2.05, 4.69) is 72.3 Å². The van der Waals surface area contributed by atoms with Crippen molar-refractivity contribution in [3.63, 3.8) is 0 Å². The molecule has 2 heterocycles. The highest BCUT2D eigenvalue weighted by Gasteiger charge is 2.19. The molecule has 1 fully saturated rings. The summed E-state index contributed by atoms with van der Waals surface area (Å²) in [5.41, 5.74) is 5.85. The van der Waals surface area contributed by atoms with Crippen molar-refractivity contribution >= 4 is 22.9 Å². The molecule has 1 amide bonds. The van der Waals surface area contributed by atoms with E-state index in [4.69, 9.17) is 4.99 Å². The zero-order valence-electron chi connectivity index (χ0n) is 17.1. The van der Waals surface area contributed by atoms with Crippen LogP contribution in [0.2, 0.25) is 0 Å². The maximum Gasteiger partial charge on any atom is 0.222 e. The number of amides is 1. The van der Waals surface area contributed by atoms with Gasteiger partial charge in [0.25, 0.3) is 0 Å². The van der Waals surface area contributed by atoms with E-state index in [9.17, 15) is 4.79 Å². The summed E-state index contributed by atoms with van der Waals surface area (Å²) < 4.78 is 2.30. The summed E-state index contributed by atoms with van der Waals surface area (Å²) in [6.07, 6.45) is 2.63. The minimum atomic E-state index is 0.295. The Morgan fingerprint density at radius 2 is 1.66 bits per heavy atom. The van der Waals surface area contributed by atoms with Gasteiger partial charge in [0.2, 0.25) is 5.91 Å². The first-order valence-electron chi connectivity index (χ1n) is 10.2. The Balaban J connectivity index is 1.64. The van der Waals surface area contributed by atoms with Crippen LogP contribution in [0.25, 0.3) is 11.3 Å². The first kappa shape index (κ1) is 19.6. The third-order valence-electron chi connectivity index (χ3n) is 5.38. The maximum absolute atomic E-state index is 11.9. The van der Waals surface area contributed by atoms with E-state index >= 15 is 0 Å². The van der Waals surface area contributed by atoms with Crippen molar-refractivity contribution in [2.24, 2.45) is 4.99 Å². The summed E-state index contributed by atoms with van der Waals surface area (Å²) in [4.78, 5) is 19.8. The van der Waals surface area contributed by atoms with E-state index < -0.39 is 0 Å². The highest BCUT2D eigenvalue weighted by Crippen LogP contribution is 2.22. The van der Waals surface area contributed by atoms with Gasteiger partial charge in [-0.25, -0.2) is 4.99 Å². The Morgan fingerprint density at radius 1 is 0.966 bits per heavy atom. The van der Waals surface area contributed by atoms with Crippen LogP contribution < -0.4 is 4.80 Å². The normalized spacial score (nSPS) is 14.8. The van der Waals surface area contributed by atoms with Crippen molar-refractivity contribution in [2.45, 2.75) is 39.7 Å². The average Bonchev–Trinajstić information content (AvgIpc) is 3.31. The third kappa shape index (κ3) is 4.67. The standard InChI is InChI=1S/C24H27N3OS/c1-18-6-10-20(11-7-18)22-17-29-24(25-21-12-8-19(2)9-13-21)27(22)16-4-15-26-14-3-5-23(26)28/h6-13,17H,3-5,14-16H2,1-2H3. The van der Waals surface area contributed by atoms with E-state index in [0.717, 1.165) is 43.0 Å². The lowest BCUT2D eigenvalue weighted by molar-refractivity contribution is -0.127. The summed E-state index contributed by atoms with van der Waals surface area (Å²) in [6, 6.07) is 17.0. The van der Waals surface area contributed by atoms with E-state index in [-0.39, 0.29) is 0 Å². The van der Waals surface area contributed by atoms with Crippen LogP contribution in [0.3, 0.4) is 0 Å². The van der Waals surface area contributed by atoms with E-state index in [1.165, 1.54) is 22.4 Å².